The zero-order chi connectivity index (χ0) is 14.9. The van der Waals surface area contributed by atoms with Gasteiger partial charge < -0.3 is 0 Å². The Hall–Kier alpha value is -2.84. The van der Waals surface area contributed by atoms with Crippen LogP contribution in [0.5, 0.6) is 0 Å². The van der Waals surface area contributed by atoms with Gasteiger partial charge in [0.25, 0.3) is 0 Å². The Kier molecular flexibility index (Phi) is 5.33. The van der Waals surface area contributed by atoms with E-state index in [0.29, 0.717) is 18.5 Å². The minimum absolute atomic E-state index is 0.152. The molecule has 0 amide bonds. The van der Waals surface area contributed by atoms with Gasteiger partial charge in [-0.1, -0.05) is 71.9 Å². The third kappa shape index (κ3) is 4.64. The number of azide groups is 1. The largest absolute Gasteiger partial charge is 0.294 e. The van der Waals surface area contributed by atoms with Crippen molar-refractivity contribution in [3.63, 3.8) is 0 Å². The summed E-state index contributed by atoms with van der Waals surface area (Å²) < 4.78 is 0. The van der Waals surface area contributed by atoms with Crippen molar-refractivity contribution in [1.82, 2.24) is 0 Å². The second kappa shape index (κ2) is 7.68. The van der Waals surface area contributed by atoms with Crippen LogP contribution in [0.2, 0.25) is 0 Å². The van der Waals surface area contributed by atoms with Gasteiger partial charge in [0.2, 0.25) is 0 Å². The summed E-state index contributed by atoms with van der Waals surface area (Å²) >= 11 is 0. The molecule has 21 heavy (non-hydrogen) atoms. The van der Waals surface area contributed by atoms with Crippen LogP contribution >= 0.6 is 0 Å². The molecule has 0 saturated heterocycles. The molecule has 0 aromatic heterocycles. The standard InChI is InChI=1S/C17H15N3O/c18-20-19-16-12-10-14(11-13-16)6-4-5-9-17(21)15-7-2-1-3-8-15/h1-4,6-8,10-13H,5,9H2/b6-4+. The number of nitrogens with zero attached hydrogens (tertiary/aromatic N) is 3. The van der Waals surface area contributed by atoms with Gasteiger partial charge in [-0.15, -0.1) is 0 Å². The van der Waals surface area contributed by atoms with Gasteiger partial charge in [0, 0.05) is 22.6 Å². The van der Waals surface area contributed by atoms with E-state index in [9.17, 15) is 4.79 Å². The average Bonchev–Trinajstić information content (AvgIpc) is 2.54. The van der Waals surface area contributed by atoms with E-state index in [4.69, 9.17) is 5.53 Å². The molecule has 104 valence electrons. The van der Waals surface area contributed by atoms with E-state index < -0.39 is 0 Å². The van der Waals surface area contributed by atoms with Gasteiger partial charge in [-0.3, -0.25) is 4.79 Å². The third-order valence-corrected chi connectivity index (χ3v) is 3.00. The monoisotopic (exact) mass is 277 g/mol. The molecular weight excluding hydrogens is 262 g/mol. The van der Waals surface area contributed by atoms with Gasteiger partial charge in [-0.2, -0.15) is 0 Å². The molecule has 0 bridgehead atoms. The lowest BCUT2D eigenvalue weighted by Gasteiger charge is -1.98. The molecule has 0 aliphatic carbocycles. The lowest BCUT2D eigenvalue weighted by atomic mass is 10.1. The fourth-order valence-electron chi connectivity index (χ4n) is 1.91. The van der Waals surface area contributed by atoms with Crippen LogP contribution < -0.4 is 0 Å². The van der Waals surface area contributed by atoms with Crippen molar-refractivity contribution in [1.29, 1.82) is 0 Å². The molecule has 0 spiro atoms. The number of carbonyl (C=O) groups is 1. The van der Waals surface area contributed by atoms with E-state index in [0.717, 1.165) is 11.1 Å². The van der Waals surface area contributed by atoms with Crippen LogP contribution in [-0.4, -0.2) is 5.78 Å². The first-order valence-electron chi connectivity index (χ1n) is 6.69. The van der Waals surface area contributed by atoms with Crippen LogP contribution in [0.15, 0.2) is 65.8 Å². The molecule has 2 aromatic carbocycles. The summed E-state index contributed by atoms with van der Waals surface area (Å²) in [4.78, 5) is 14.6. The van der Waals surface area contributed by atoms with Gasteiger partial charge in [0.05, 0.1) is 0 Å². The Morgan fingerprint density at radius 1 is 1.10 bits per heavy atom. The summed E-state index contributed by atoms with van der Waals surface area (Å²) in [5.41, 5.74) is 10.7. The highest BCUT2D eigenvalue weighted by Crippen LogP contribution is 2.14. The SMILES string of the molecule is [N-]=[N+]=Nc1ccc(/C=C/CCC(=O)c2ccccc2)cc1. The van der Waals surface area contributed by atoms with E-state index in [1.165, 1.54) is 0 Å². The topological polar surface area (TPSA) is 65.8 Å². The summed E-state index contributed by atoms with van der Waals surface area (Å²) in [6.45, 7) is 0. The Balaban J connectivity index is 1.85. The van der Waals surface area contributed by atoms with Crippen molar-refractivity contribution in [3.05, 3.63) is 82.2 Å². The Bertz CT molecular complexity index is 669. The minimum Gasteiger partial charge on any atom is -0.294 e. The zero-order valence-corrected chi connectivity index (χ0v) is 11.5. The molecule has 0 saturated carbocycles. The average molecular weight is 277 g/mol. The van der Waals surface area contributed by atoms with Crippen LogP contribution in [-0.2, 0) is 0 Å². The molecule has 0 aliphatic rings. The van der Waals surface area contributed by atoms with E-state index in [1.54, 1.807) is 12.1 Å². The quantitative estimate of drug-likeness (QED) is 0.305. The number of carbonyl (C=O) groups excluding carboxylic acids is 1. The van der Waals surface area contributed by atoms with Crippen LogP contribution in [0.1, 0.15) is 28.8 Å². The summed E-state index contributed by atoms with van der Waals surface area (Å²) in [6, 6.07) is 16.6. The normalized spacial score (nSPS) is 10.3. The van der Waals surface area contributed by atoms with Crippen molar-refractivity contribution in [2.24, 2.45) is 5.11 Å². The van der Waals surface area contributed by atoms with Crippen molar-refractivity contribution >= 4 is 17.5 Å². The minimum atomic E-state index is 0.152. The molecule has 0 aliphatic heterocycles. The molecule has 0 heterocycles. The molecule has 0 atom stereocenters. The summed E-state index contributed by atoms with van der Waals surface area (Å²) in [6.07, 6.45) is 5.13. The molecular formula is C17H15N3O. The van der Waals surface area contributed by atoms with Crippen LogP contribution in [0.4, 0.5) is 5.69 Å². The summed E-state index contributed by atoms with van der Waals surface area (Å²) in [5.74, 6) is 0.152. The second-order valence-corrected chi connectivity index (χ2v) is 4.51. The maximum Gasteiger partial charge on any atom is 0.163 e. The first-order valence-corrected chi connectivity index (χ1v) is 6.69. The molecule has 0 radical (unpaired) electrons. The first kappa shape index (κ1) is 14.6. The van der Waals surface area contributed by atoms with Gasteiger partial charge in [-0.25, -0.2) is 0 Å². The molecule has 2 aromatic rings. The maximum absolute atomic E-state index is 11.9. The van der Waals surface area contributed by atoms with E-state index >= 15 is 0 Å². The molecule has 2 rings (SSSR count). The van der Waals surface area contributed by atoms with Gasteiger partial charge in [0.15, 0.2) is 5.78 Å². The smallest absolute Gasteiger partial charge is 0.163 e. The van der Waals surface area contributed by atoms with E-state index in [1.807, 2.05) is 54.6 Å². The number of Topliss-reactive ketones (excluding diaryl/α,β-unsaturated/α-hetero) is 1. The number of hydrogen-bond acceptors (Lipinski definition) is 2. The number of ketones is 1. The Morgan fingerprint density at radius 2 is 1.81 bits per heavy atom. The zero-order valence-electron chi connectivity index (χ0n) is 11.5. The van der Waals surface area contributed by atoms with Crippen LogP contribution in [0.25, 0.3) is 16.5 Å². The number of rotatable bonds is 6. The molecule has 0 fully saturated rings. The van der Waals surface area contributed by atoms with Crippen molar-refractivity contribution in [2.45, 2.75) is 12.8 Å². The second-order valence-electron chi connectivity index (χ2n) is 4.51. The molecule has 4 heteroatoms. The highest BCUT2D eigenvalue weighted by Gasteiger charge is 2.02. The van der Waals surface area contributed by atoms with Crippen LogP contribution in [0.3, 0.4) is 0 Å². The highest BCUT2D eigenvalue weighted by molar-refractivity contribution is 5.96. The number of benzene rings is 2. The fourth-order valence-corrected chi connectivity index (χ4v) is 1.91. The van der Waals surface area contributed by atoms with Crippen molar-refractivity contribution in [2.75, 3.05) is 0 Å². The van der Waals surface area contributed by atoms with Gasteiger partial charge in [0.1, 0.15) is 0 Å². The number of allylic oxidation sites excluding steroid dienone is 1. The van der Waals surface area contributed by atoms with Crippen molar-refractivity contribution in [3.8, 4) is 0 Å². The summed E-state index contributed by atoms with van der Waals surface area (Å²) in [5, 5.41) is 3.51. The highest BCUT2D eigenvalue weighted by atomic mass is 16.1. The molecule has 4 nitrogen and oxygen atoms in total. The van der Waals surface area contributed by atoms with Gasteiger partial charge >= 0.3 is 0 Å². The van der Waals surface area contributed by atoms with Crippen molar-refractivity contribution < 1.29 is 4.79 Å². The van der Waals surface area contributed by atoms with Crippen LogP contribution in [0, 0.1) is 0 Å². The van der Waals surface area contributed by atoms with E-state index in [-0.39, 0.29) is 5.78 Å². The fraction of sp³-hybridized carbons (Fsp3) is 0.118. The molecule has 0 N–H and O–H groups in total. The maximum atomic E-state index is 11.9. The lowest BCUT2D eigenvalue weighted by Crippen LogP contribution is -1.97. The predicted octanol–water partition coefficient (Wildman–Crippen LogP) is 5.30. The van der Waals surface area contributed by atoms with Gasteiger partial charge in [-0.05, 0) is 17.5 Å². The predicted molar refractivity (Wildman–Crippen MR) is 84.3 cm³/mol. The summed E-state index contributed by atoms with van der Waals surface area (Å²) in [7, 11) is 0. The Morgan fingerprint density at radius 3 is 2.48 bits per heavy atom. The lowest BCUT2D eigenvalue weighted by molar-refractivity contribution is 0.0984. The number of hydrogen-bond donors (Lipinski definition) is 0. The van der Waals surface area contributed by atoms with E-state index in [2.05, 4.69) is 10.0 Å². The third-order valence-electron chi connectivity index (χ3n) is 3.00. The Labute approximate surface area is 123 Å². The molecule has 0 unspecified atom stereocenters. The first-order chi connectivity index (χ1) is 10.3.